The Bertz CT molecular complexity index is 941. The van der Waals surface area contributed by atoms with Crippen LogP contribution in [0, 0.1) is 18.3 Å². The summed E-state index contributed by atoms with van der Waals surface area (Å²) < 4.78 is 12.1. The zero-order valence-corrected chi connectivity index (χ0v) is 15.7. The lowest BCUT2D eigenvalue weighted by molar-refractivity contribution is -0.137. The topological polar surface area (TPSA) is 102 Å². The minimum atomic E-state index is -0.434. The largest absolute Gasteiger partial charge is 0.479 e. The van der Waals surface area contributed by atoms with Crippen molar-refractivity contribution in [3.8, 4) is 11.8 Å². The molecule has 0 fully saturated rings. The van der Waals surface area contributed by atoms with E-state index in [0.717, 1.165) is 5.56 Å². The van der Waals surface area contributed by atoms with Crippen LogP contribution in [0.25, 0.3) is 6.08 Å². The third-order valence-corrected chi connectivity index (χ3v) is 4.56. The van der Waals surface area contributed by atoms with Crippen LogP contribution in [0.4, 0.5) is 0 Å². The van der Waals surface area contributed by atoms with Crippen molar-refractivity contribution in [1.82, 2.24) is 14.9 Å². The smallest absolute Gasteiger partial charge is 0.340 e. The summed E-state index contributed by atoms with van der Waals surface area (Å²) in [7, 11) is 0. The van der Waals surface area contributed by atoms with Crippen LogP contribution in [0.1, 0.15) is 18.3 Å². The van der Waals surface area contributed by atoms with Crippen molar-refractivity contribution in [2.75, 3.05) is 19.0 Å². The zero-order chi connectivity index (χ0) is 19.2. The quantitative estimate of drug-likeness (QED) is 0.557. The van der Waals surface area contributed by atoms with E-state index in [0.29, 0.717) is 33.8 Å². The van der Waals surface area contributed by atoms with E-state index in [1.165, 1.54) is 11.8 Å². The second-order valence-corrected chi connectivity index (χ2v) is 6.41. The molecule has 8 nitrogen and oxygen atoms in total. The standard InChI is InChI=1S/C18H17N5O3S/c1-3-25-17(24)15(10-13-4-6-14(7-5-13)26-9-8-19)16-11-27-18-21-20-12(2)23(18)22-16/h4-7,10H,3,9,11H2,1-2H3/b15-10-. The van der Waals surface area contributed by atoms with E-state index in [9.17, 15) is 4.79 Å². The van der Waals surface area contributed by atoms with Crippen molar-refractivity contribution in [2.24, 2.45) is 5.10 Å². The van der Waals surface area contributed by atoms with E-state index >= 15 is 0 Å². The number of rotatable bonds is 6. The molecule has 1 aromatic heterocycles. The normalized spacial score (nSPS) is 13.4. The summed E-state index contributed by atoms with van der Waals surface area (Å²) in [6, 6.07) is 9.01. The first-order chi connectivity index (χ1) is 13.1. The Morgan fingerprint density at radius 2 is 2.15 bits per heavy atom. The van der Waals surface area contributed by atoms with E-state index in [2.05, 4.69) is 15.3 Å². The molecular weight excluding hydrogens is 366 g/mol. The fourth-order valence-corrected chi connectivity index (χ4v) is 3.24. The second kappa shape index (κ2) is 8.51. The van der Waals surface area contributed by atoms with Crippen molar-refractivity contribution < 1.29 is 14.3 Å². The Kier molecular flexibility index (Phi) is 5.88. The van der Waals surface area contributed by atoms with Gasteiger partial charge in [0.05, 0.1) is 17.9 Å². The molecule has 9 heteroatoms. The lowest BCUT2D eigenvalue weighted by Crippen LogP contribution is -2.21. The van der Waals surface area contributed by atoms with E-state index in [1.54, 1.807) is 48.9 Å². The lowest BCUT2D eigenvalue weighted by atomic mass is 10.1. The highest BCUT2D eigenvalue weighted by atomic mass is 32.2. The van der Waals surface area contributed by atoms with Crippen molar-refractivity contribution in [1.29, 1.82) is 5.26 Å². The maximum absolute atomic E-state index is 12.5. The van der Waals surface area contributed by atoms with Crippen LogP contribution in [-0.2, 0) is 9.53 Å². The number of hydrogen-bond donors (Lipinski definition) is 0. The Balaban J connectivity index is 1.94. The van der Waals surface area contributed by atoms with Crippen LogP contribution in [0.15, 0.2) is 40.1 Å². The summed E-state index contributed by atoms with van der Waals surface area (Å²) in [6.45, 7) is 3.82. The van der Waals surface area contributed by atoms with Crippen LogP contribution in [0.5, 0.6) is 5.75 Å². The van der Waals surface area contributed by atoms with Gasteiger partial charge in [0.2, 0.25) is 5.16 Å². The van der Waals surface area contributed by atoms with Crippen LogP contribution in [0.2, 0.25) is 0 Å². The maximum Gasteiger partial charge on any atom is 0.340 e. The SMILES string of the molecule is CCOC(=O)/C(=C\c1ccc(OCC#N)cc1)C1=Nn2c(C)nnc2SC1. The van der Waals surface area contributed by atoms with Gasteiger partial charge in [0, 0.05) is 5.75 Å². The minimum Gasteiger partial charge on any atom is -0.479 e. The molecular formula is C18H17N5O3S. The van der Waals surface area contributed by atoms with Gasteiger partial charge in [-0.2, -0.15) is 15.0 Å². The number of thioether (sulfide) groups is 1. The molecule has 138 valence electrons. The molecule has 2 aromatic rings. The van der Waals surface area contributed by atoms with E-state index in [-0.39, 0.29) is 13.2 Å². The summed E-state index contributed by atoms with van der Waals surface area (Å²) in [4.78, 5) is 12.5. The predicted octanol–water partition coefficient (Wildman–Crippen LogP) is 2.45. The average Bonchev–Trinajstić information content (AvgIpc) is 3.06. The van der Waals surface area contributed by atoms with Crippen molar-refractivity contribution >= 4 is 29.5 Å². The lowest BCUT2D eigenvalue weighted by Gasteiger charge is -2.15. The van der Waals surface area contributed by atoms with Gasteiger partial charge in [-0.25, -0.2) is 4.79 Å². The van der Waals surface area contributed by atoms with Crippen LogP contribution < -0.4 is 4.74 Å². The summed E-state index contributed by atoms with van der Waals surface area (Å²) in [6.07, 6.45) is 1.73. The van der Waals surface area contributed by atoms with Gasteiger partial charge >= 0.3 is 5.97 Å². The van der Waals surface area contributed by atoms with Gasteiger partial charge in [-0.1, -0.05) is 23.9 Å². The van der Waals surface area contributed by atoms with Crippen molar-refractivity contribution in [2.45, 2.75) is 19.0 Å². The molecule has 2 heterocycles. The number of fused-ring (bicyclic) bond motifs is 1. The number of carbonyl (C=O) groups is 1. The minimum absolute atomic E-state index is 0.0160. The fraction of sp³-hybridized carbons (Fsp3) is 0.278. The van der Waals surface area contributed by atoms with Gasteiger partial charge in [0.15, 0.2) is 12.4 Å². The van der Waals surface area contributed by atoms with Crippen LogP contribution in [0.3, 0.4) is 0 Å². The summed E-state index contributed by atoms with van der Waals surface area (Å²) >= 11 is 1.46. The summed E-state index contributed by atoms with van der Waals surface area (Å²) in [5.74, 6) is 1.29. The molecule has 1 aromatic carbocycles. The molecule has 0 saturated heterocycles. The molecule has 0 unspecified atom stereocenters. The molecule has 0 amide bonds. The number of carbonyl (C=O) groups excluding carboxylic acids is 1. The molecule has 0 atom stereocenters. The number of hydrogen-bond acceptors (Lipinski definition) is 8. The Labute approximate surface area is 160 Å². The summed E-state index contributed by atoms with van der Waals surface area (Å²) in [5, 5.41) is 21.8. The first-order valence-electron chi connectivity index (χ1n) is 8.24. The number of aromatic nitrogens is 3. The van der Waals surface area contributed by atoms with Crippen molar-refractivity contribution in [3.05, 3.63) is 41.2 Å². The highest BCUT2D eigenvalue weighted by Crippen LogP contribution is 2.25. The molecule has 0 saturated carbocycles. The van der Waals surface area contributed by atoms with E-state index in [1.807, 2.05) is 6.07 Å². The number of benzene rings is 1. The molecule has 1 aliphatic rings. The molecule has 0 radical (unpaired) electrons. The predicted molar refractivity (Wildman–Crippen MR) is 100 cm³/mol. The van der Waals surface area contributed by atoms with Gasteiger partial charge in [-0.3, -0.25) is 0 Å². The molecule has 0 spiro atoms. The molecule has 0 N–H and O–H groups in total. The Morgan fingerprint density at radius 3 is 2.85 bits per heavy atom. The van der Waals surface area contributed by atoms with E-state index < -0.39 is 5.97 Å². The van der Waals surface area contributed by atoms with Crippen molar-refractivity contribution in [3.63, 3.8) is 0 Å². The number of esters is 1. The Hall–Kier alpha value is -3.12. The molecule has 0 bridgehead atoms. The van der Waals surface area contributed by atoms with Gasteiger partial charge in [0.25, 0.3) is 0 Å². The third kappa shape index (κ3) is 4.35. The zero-order valence-electron chi connectivity index (χ0n) is 14.9. The first-order valence-corrected chi connectivity index (χ1v) is 9.22. The Morgan fingerprint density at radius 1 is 1.37 bits per heavy atom. The maximum atomic E-state index is 12.5. The first kappa shape index (κ1) is 18.7. The van der Waals surface area contributed by atoms with Gasteiger partial charge in [-0.15, -0.1) is 10.2 Å². The number of aryl methyl sites for hydroxylation is 1. The third-order valence-electron chi connectivity index (χ3n) is 3.63. The van der Waals surface area contributed by atoms with Gasteiger partial charge in [0.1, 0.15) is 11.8 Å². The fourth-order valence-electron chi connectivity index (χ4n) is 2.37. The van der Waals surface area contributed by atoms with Gasteiger partial charge < -0.3 is 9.47 Å². The number of nitrogens with zero attached hydrogens (tertiary/aromatic N) is 5. The highest BCUT2D eigenvalue weighted by Gasteiger charge is 2.24. The molecule has 27 heavy (non-hydrogen) atoms. The van der Waals surface area contributed by atoms with E-state index in [4.69, 9.17) is 14.7 Å². The molecule has 1 aliphatic heterocycles. The number of nitriles is 1. The summed E-state index contributed by atoms with van der Waals surface area (Å²) in [5.41, 5.74) is 1.77. The monoisotopic (exact) mass is 383 g/mol. The van der Waals surface area contributed by atoms with Crippen LogP contribution >= 0.6 is 11.8 Å². The molecule has 0 aliphatic carbocycles. The second-order valence-electron chi connectivity index (χ2n) is 5.47. The average molecular weight is 383 g/mol. The highest BCUT2D eigenvalue weighted by molar-refractivity contribution is 7.99. The van der Waals surface area contributed by atoms with Crippen LogP contribution in [-0.4, -0.2) is 45.5 Å². The molecule has 3 rings (SSSR count). The van der Waals surface area contributed by atoms with Gasteiger partial charge in [-0.05, 0) is 37.6 Å². The number of ether oxygens (including phenoxy) is 2.